The molecular formula is C17H19ClOS. The first kappa shape index (κ1) is 15.4. The zero-order chi connectivity index (χ0) is 14.5. The van der Waals surface area contributed by atoms with Gasteiger partial charge in [0.2, 0.25) is 0 Å². The van der Waals surface area contributed by atoms with Crippen LogP contribution < -0.4 is 0 Å². The maximum atomic E-state index is 10.2. The van der Waals surface area contributed by atoms with Gasteiger partial charge in [0.15, 0.2) is 0 Å². The van der Waals surface area contributed by atoms with E-state index in [1.54, 1.807) is 11.8 Å². The van der Waals surface area contributed by atoms with Crippen molar-refractivity contribution in [3.63, 3.8) is 0 Å². The second-order valence-corrected chi connectivity index (χ2v) is 6.52. The predicted octanol–water partition coefficient (Wildman–Crippen LogP) is 4.65. The van der Waals surface area contributed by atoms with E-state index in [4.69, 9.17) is 11.6 Å². The molecule has 1 nitrogen and oxygen atoms in total. The molecule has 0 aliphatic rings. The van der Waals surface area contributed by atoms with Gasteiger partial charge in [0.1, 0.15) is 0 Å². The van der Waals surface area contributed by atoms with Crippen LogP contribution in [0.25, 0.3) is 0 Å². The minimum atomic E-state index is -0.338. The average Bonchev–Trinajstić information content (AvgIpc) is 2.42. The van der Waals surface area contributed by atoms with Crippen molar-refractivity contribution >= 4 is 23.4 Å². The molecule has 0 radical (unpaired) electrons. The molecule has 20 heavy (non-hydrogen) atoms. The summed E-state index contributed by atoms with van der Waals surface area (Å²) in [6, 6.07) is 14.0. The second-order valence-electron chi connectivity index (χ2n) is 4.99. The highest BCUT2D eigenvalue weighted by atomic mass is 35.5. The van der Waals surface area contributed by atoms with Gasteiger partial charge >= 0.3 is 0 Å². The first-order valence-corrected chi connectivity index (χ1v) is 8.04. The third-order valence-electron chi connectivity index (χ3n) is 3.34. The van der Waals surface area contributed by atoms with Gasteiger partial charge in [0.25, 0.3) is 0 Å². The second kappa shape index (κ2) is 7.16. The SMILES string of the molecule is Cc1cccc(C)c1CC(O)CSc1ccc(Cl)cc1. The van der Waals surface area contributed by atoms with Crippen LogP contribution >= 0.6 is 23.4 Å². The number of hydrogen-bond donors (Lipinski definition) is 1. The monoisotopic (exact) mass is 306 g/mol. The van der Waals surface area contributed by atoms with E-state index < -0.39 is 0 Å². The van der Waals surface area contributed by atoms with E-state index in [-0.39, 0.29) is 6.10 Å². The molecule has 2 aromatic rings. The van der Waals surface area contributed by atoms with Gasteiger partial charge < -0.3 is 5.11 Å². The molecule has 0 aliphatic heterocycles. The Hall–Kier alpha value is -0.960. The van der Waals surface area contributed by atoms with Crippen molar-refractivity contribution in [2.75, 3.05) is 5.75 Å². The molecule has 3 heteroatoms. The molecular weight excluding hydrogens is 288 g/mol. The molecule has 0 saturated carbocycles. The molecule has 0 bridgehead atoms. The minimum absolute atomic E-state index is 0.338. The highest BCUT2D eigenvalue weighted by Crippen LogP contribution is 2.23. The molecule has 1 atom stereocenters. The Balaban J connectivity index is 1.92. The van der Waals surface area contributed by atoms with E-state index in [0.717, 1.165) is 9.92 Å². The zero-order valence-corrected chi connectivity index (χ0v) is 13.3. The van der Waals surface area contributed by atoms with Crippen molar-refractivity contribution in [1.29, 1.82) is 0 Å². The van der Waals surface area contributed by atoms with E-state index in [1.165, 1.54) is 16.7 Å². The van der Waals surface area contributed by atoms with Crippen LogP contribution in [0.2, 0.25) is 5.02 Å². The third-order valence-corrected chi connectivity index (χ3v) is 4.75. The maximum absolute atomic E-state index is 10.2. The number of aliphatic hydroxyl groups is 1. The van der Waals surface area contributed by atoms with Crippen LogP contribution in [0.15, 0.2) is 47.4 Å². The van der Waals surface area contributed by atoms with Gasteiger partial charge in [-0.25, -0.2) is 0 Å². The van der Waals surface area contributed by atoms with Crippen molar-refractivity contribution in [2.45, 2.75) is 31.3 Å². The summed E-state index contributed by atoms with van der Waals surface area (Å²) in [6.07, 6.45) is 0.370. The molecule has 0 heterocycles. The fourth-order valence-corrected chi connectivity index (χ4v) is 3.15. The Kier molecular flexibility index (Phi) is 5.53. The van der Waals surface area contributed by atoms with Crippen LogP contribution in [0.4, 0.5) is 0 Å². The number of aliphatic hydroxyl groups excluding tert-OH is 1. The van der Waals surface area contributed by atoms with Crippen LogP contribution in [0.1, 0.15) is 16.7 Å². The van der Waals surface area contributed by atoms with Crippen LogP contribution in [0, 0.1) is 13.8 Å². The van der Waals surface area contributed by atoms with Crippen molar-refractivity contribution in [3.05, 3.63) is 64.2 Å². The lowest BCUT2D eigenvalue weighted by atomic mass is 9.98. The molecule has 0 aliphatic carbocycles. The van der Waals surface area contributed by atoms with Crippen molar-refractivity contribution in [1.82, 2.24) is 0 Å². The predicted molar refractivity (Wildman–Crippen MR) is 87.8 cm³/mol. The molecule has 2 rings (SSSR count). The molecule has 1 N–H and O–H groups in total. The quantitative estimate of drug-likeness (QED) is 0.811. The highest BCUT2D eigenvalue weighted by molar-refractivity contribution is 7.99. The van der Waals surface area contributed by atoms with Crippen LogP contribution in [0.3, 0.4) is 0 Å². The average molecular weight is 307 g/mol. The standard InChI is InChI=1S/C17H19ClOS/c1-12-4-3-5-13(2)17(12)10-15(19)11-20-16-8-6-14(18)7-9-16/h3-9,15,19H,10-11H2,1-2H3. The number of hydrogen-bond acceptors (Lipinski definition) is 2. The van der Waals surface area contributed by atoms with Crippen molar-refractivity contribution in [2.24, 2.45) is 0 Å². The molecule has 0 amide bonds. The largest absolute Gasteiger partial charge is 0.392 e. The normalized spacial score (nSPS) is 12.4. The summed E-state index contributed by atoms with van der Waals surface area (Å²) in [6.45, 7) is 4.20. The number of halogens is 1. The summed E-state index contributed by atoms with van der Waals surface area (Å²) in [4.78, 5) is 1.13. The lowest BCUT2D eigenvalue weighted by Crippen LogP contribution is -2.15. The highest BCUT2D eigenvalue weighted by Gasteiger charge is 2.10. The van der Waals surface area contributed by atoms with E-state index in [9.17, 15) is 5.11 Å². The number of thioether (sulfide) groups is 1. The maximum Gasteiger partial charge on any atom is 0.0674 e. The first-order valence-electron chi connectivity index (χ1n) is 6.68. The molecule has 1 unspecified atom stereocenters. The van der Waals surface area contributed by atoms with Crippen molar-refractivity contribution < 1.29 is 5.11 Å². The summed E-state index contributed by atoms with van der Waals surface area (Å²) in [5.41, 5.74) is 3.76. The van der Waals surface area contributed by atoms with Gasteiger partial charge in [-0.3, -0.25) is 0 Å². The van der Waals surface area contributed by atoms with Gasteiger partial charge in [0.05, 0.1) is 6.10 Å². The van der Waals surface area contributed by atoms with Crippen LogP contribution in [-0.2, 0) is 6.42 Å². The summed E-state index contributed by atoms with van der Waals surface area (Å²) < 4.78 is 0. The number of benzene rings is 2. The Bertz CT molecular complexity index is 545. The van der Waals surface area contributed by atoms with Crippen LogP contribution in [0.5, 0.6) is 0 Å². The smallest absolute Gasteiger partial charge is 0.0674 e. The molecule has 106 valence electrons. The van der Waals surface area contributed by atoms with Gasteiger partial charge in [-0.05, 0) is 61.2 Å². The molecule has 2 aromatic carbocycles. The Morgan fingerprint density at radius 2 is 1.65 bits per heavy atom. The summed E-state index contributed by atoms with van der Waals surface area (Å²) in [5, 5.41) is 11.0. The van der Waals surface area contributed by atoms with Crippen LogP contribution in [-0.4, -0.2) is 17.0 Å². The Labute approximate surface area is 130 Å². The third kappa shape index (κ3) is 4.27. The lowest BCUT2D eigenvalue weighted by Gasteiger charge is -2.14. The summed E-state index contributed by atoms with van der Waals surface area (Å²) in [7, 11) is 0. The molecule has 0 spiro atoms. The number of rotatable bonds is 5. The van der Waals surface area contributed by atoms with Crippen molar-refractivity contribution in [3.8, 4) is 0 Å². The fraction of sp³-hybridized carbons (Fsp3) is 0.294. The first-order chi connectivity index (χ1) is 9.56. The van der Waals surface area contributed by atoms with E-state index >= 15 is 0 Å². The Morgan fingerprint density at radius 3 is 2.25 bits per heavy atom. The fourth-order valence-electron chi connectivity index (χ4n) is 2.19. The van der Waals surface area contributed by atoms with Gasteiger partial charge in [-0.15, -0.1) is 11.8 Å². The topological polar surface area (TPSA) is 20.2 Å². The zero-order valence-electron chi connectivity index (χ0n) is 11.8. The summed E-state index contributed by atoms with van der Waals surface area (Å²) >= 11 is 7.52. The van der Waals surface area contributed by atoms with Gasteiger partial charge in [-0.2, -0.15) is 0 Å². The number of aryl methyl sites for hydroxylation is 2. The minimum Gasteiger partial charge on any atom is -0.392 e. The van der Waals surface area contributed by atoms with E-state index in [0.29, 0.717) is 12.2 Å². The summed E-state index contributed by atoms with van der Waals surface area (Å²) in [5.74, 6) is 0.690. The van der Waals surface area contributed by atoms with Gasteiger partial charge in [-0.1, -0.05) is 29.8 Å². The van der Waals surface area contributed by atoms with E-state index in [1.807, 2.05) is 24.3 Å². The van der Waals surface area contributed by atoms with Gasteiger partial charge in [0, 0.05) is 15.7 Å². The Morgan fingerprint density at radius 1 is 1.05 bits per heavy atom. The molecule has 0 aromatic heterocycles. The van der Waals surface area contributed by atoms with E-state index in [2.05, 4.69) is 32.0 Å². The molecule has 0 fully saturated rings. The molecule has 0 saturated heterocycles. The lowest BCUT2D eigenvalue weighted by molar-refractivity contribution is 0.199.